The van der Waals surface area contributed by atoms with Gasteiger partial charge >= 0.3 is 5.97 Å². The number of carbonyl (C=O) groups excluding carboxylic acids is 3. The van der Waals surface area contributed by atoms with Crippen LogP contribution in [0.5, 0.6) is 0 Å². The van der Waals surface area contributed by atoms with E-state index in [0.717, 1.165) is 16.8 Å². The maximum atomic E-state index is 14.4. The van der Waals surface area contributed by atoms with Crippen LogP contribution < -0.4 is 4.90 Å². The number of aliphatic hydroxyl groups excluding tert-OH is 1. The average Bonchev–Trinajstić information content (AvgIpc) is 3.30. The molecule has 0 aromatic heterocycles. The number of benzene rings is 1. The Morgan fingerprint density at radius 2 is 2.00 bits per heavy atom. The molecule has 1 N–H and O–H groups in total. The van der Waals surface area contributed by atoms with Gasteiger partial charge in [-0.15, -0.1) is 6.58 Å². The second-order valence-electron chi connectivity index (χ2n) is 10.2. The van der Waals surface area contributed by atoms with E-state index in [1.54, 1.807) is 17.9 Å². The van der Waals surface area contributed by atoms with Crippen molar-refractivity contribution in [3.8, 4) is 0 Å². The summed E-state index contributed by atoms with van der Waals surface area (Å²) in [6, 6.07) is 4.84. The molecule has 3 heterocycles. The number of ether oxygens (including phenoxy) is 2. The van der Waals surface area contributed by atoms with Crippen LogP contribution in [0.3, 0.4) is 0 Å². The van der Waals surface area contributed by atoms with Crippen LogP contribution >= 0.6 is 0 Å². The van der Waals surface area contributed by atoms with Gasteiger partial charge in [-0.25, -0.2) is 0 Å². The molecule has 6 atom stereocenters. The predicted molar refractivity (Wildman–Crippen MR) is 131 cm³/mol. The molecule has 4 rings (SSSR count). The van der Waals surface area contributed by atoms with Gasteiger partial charge in [0.2, 0.25) is 5.91 Å². The van der Waals surface area contributed by atoms with Gasteiger partial charge in [0.1, 0.15) is 17.6 Å². The zero-order valence-electron chi connectivity index (χ0n) is 21.2. The highest BCUT2D eigenvalue weighted by molar-refractivity contribution is 6.05. The molecule has 0 radical (unpaired) electrons. The third kappa shape index (κ3) is 3.52. The van der Waals surface area contributed by atoms with Gasteiger partial charge in [0, 0.05) is 18.8 Å². The van der Waals surface area contributed by atoms with Gasteiger partial charge in [-0.1, -0.05) is 31.2 Å². The number of β-amino-alcohol motifs (C(OH)–C–C–N with tert-alkyl or cyclic N) is 1. The van der Waals surface area contributed by atoms with Crippen molar-refractivity contribution in [2.24, 2.45) is 17.8 Å². The summed E-state index contributed by atoms with van der Waals surface area (Å²) in [5.41, 5.74) is 0.521. The molecule has 8 nitrogen and oxygen atoms in total. The molecule has 1 spiro atoms. The number of amides is 2. The summed E-state index contributed by atoms with van der Waals surface area (Å²) in [6.07, 6.45) is 2.12. The molecule has 3 aliphatic heterocycles. The molecule has 190 valence electrons. The van der Waals surface area contributed by atoms with Crippen molar-refractivity contribution < 1.29 is 29.0 Å². The van der Waals surface area contributed by atoms with Gasteiger partial charge in [-0.05, 0) is 51.2 Å². The number of anilines is 1. The summed E-state index contributed by atoms with van der Waals surface area (Å²) < 4.78 is 12.0. The third-order valence-electron chi connectivity index (χ3n) is 8.22. The van der Waals surface area contributed by atoms with E-state index in [2.05, 4.69) is 6.58 Å². The SMILES string of the molecule is C=CCN(C(=O)C1N(CCO)C(=O)[C@@H]2[C@@H](C(=O)OCC)[C@]3(C)OC12CC3C)c1c(C)cccc1C. The first-order valence-corrected chi connectivity index (χ1v) is 12.4. The Labute approximate surface area is 206 Å². The monoisotopic (exact) mass is 484 g/mol. The number of aryl methyl sites for hydroxylation is 2. The highest BCUT2D eigenvalue weighted by atomic mass is 16.6. The van der Waals surface area contributed by atoms with Crippen molar-refractivity contribution in [3.05, 3.63) is 42.0 Å². The normalized spacial score (nSPS) is 33.1. The highest BCUT2D eigenvalue weighted by Gasteiger charge is 2.80. The summed E-state index contributed by atoms with van der Waals surface area (Å²) in [6.45, 7) is 13.4. The summed E-state index contributed by atoms with van der Waals surface area (Å²) >= 11 is 0. The minimum absolute atomic E-state index is 0.0217. The molecule has 3 unspecified atom stereocenters. The molecule has 8 heteroatoms. The fourth-order valence-electron chi connectivity index (χ4n) is 6.76. The number of para-hydroxylation sites is 1. The maximum absolute atomic E-state index is 14.4. The molecule has 35 heavy (non-hydrogen) atoms. The lowest BCUT2D eigenvalue weighted by Crippen LogP contribution is -2.57. The zero-order valence-corrected chi connectivity index (χ0v) is 21.2. The lowest BCUT2D eigenvalue weighted by molar-refractivity contribution is -0.161. The Kier molecular flexibility index (Phi) is 6.57. The van der Waals surface area contributed by atoms with Crippen LogP contribution in [0.25, 0.3) is 0 Å². The fourth-order valence-corrected chi connectivity index (χ4v) is 6.76. The van der Waals surface area contributed by atoms with E-state index in [1.807, 2.05) is 45.9 Å². The van der Waals surface area contributed by atoms with Gasteiger partial charge < -0.3 is 24.4 Å². The Morgan fingerprint density at radius 1 is 1.34 bits per heavy atom. The van der Waals surface area contributed by atoms with E-state index in [9.17, 15) is 19.5 Å². The minimum atomic E-state index is -1.18. The number of esters is 1. The Morgan fingerprint density at radius 3 is 2.57 bits per heavy atom. The number of fused-ring (bicyclic) bond motifs is 1. The van der Waals surface area contributed by atoms with Crippen molar-refractivity contribution in [1.29, 1.82) is 0 Å². The van der Waals surface area contributed by atoms with Crippen molar-refractivity contribution in [2.75, 3.05) is 31.2 Å². The van der Waals surface area contributed by atoms with E-state index < -0.39 is 35.0 Å². The molecule has 2 bridgehead atoms. The van der Waals surface area contributed by atoms with Crippen LogP contribution in [-0.2, 0) is 23.9 Å². The van der Waals surface area contributed by atoms with Crippen molar-refractivity contribution in [3.63, 3.8) is 0 Å². The van der Waals surface area contributed by atoms with E-state index in [4.69, 9.17) is 9.47 Å². The quantitative estimate of drug-likeness (QED) is 0.450. The Bertz CT molecular complexity index is 1040. The number of rotatable bonds is 8. The van der Waals surface area contributed by atoms with E-state index in [1.165, 1.54) is 4.90 Å². The number of carbonyl (C=O) groups is 3. The van der Waals surface area contributed by atoms with Crippen LogP contribution in [0.4, 0.5) is 5.69 Å². The predicted octanol–water partition coefficient (Wildman–Crippen LogP) is 2.39. The summed E-state index contributed by atoms with van der Waals surface area (Å²) in [4.78, 5) is 44.4. The van der Waals surface area contributed by atoms with E-state index >= 15 is 0 Å². The largest absolute Gasteiger partial charge is 0.466 e. The minimum Gasteiger partial charge on any atom is -0.466 e. The first kappa shape index (κ1) is 25.4. The standard InChI is InChI=1S/C27H36N2O6/c1-7-12-28(21-16(3)10-9-11-17(21)4)24(32)22-27-15-18(5)26(6,35-27)20(25(33)34-8-2)19(27)23(31)29(22)13-14-30/h7,9-11,18-20,22,30H,1,8,12-15H2,2-6H3/t18?,19-,20-,22?,26+,27?/m0/s1. The number of likely N-dealkylation sites (tertiary alicyclic amines) is 1. The van der Waals surface area contributed by atoms with Crippen LogP contribution in [0, 0.1) is 31.6 Å². The third-order valence-corrected chi connectivity index (χ3v) is 8.22. The molecule has 0 saturated carbocycles. The van der Waals surface area contributed by atoms with Gasteiger partial charge in [-0.3, -0.25) is 14.4 Å². The lowest BCUT2D eigenvalue weighted by atomic mass is 9.62. The molecule has 3 saturated heterocycles. The smallest absolute Gasteiger partial charge is 0.312 e. The first-order valence-electron chi connectivity index (χ1n) is 12.4. The van der Waals surface area contributed by atoms with Gasteiger partial charge in [0.25, 0.3) is 5.91 Å². The maximum Gasteiger partial charge on any atom is 0.312 e. The number of hydrogen-bond donors (Lipinski definition) is 1. The molecular weight excluding hydrogens is 448 g/mol. The van der Waals surface area contributed by atoms with Crippen LogP contribution in [0.1, 0.15) is 38.3 Å². The topological polar surface area (TPSA) is 96.4 Å². The average molecular weight is 485 g/mol. The zero-order chi connectivity index (χ0) is 25.7. The van der Waals surface area contributed by atoms with Gasteiger partial charge in [0.15, 0.2) is 0 Å². The number of hydrogen-bond acceptors (Lipinski definition) is 6. The Balaban J connectivity index is 1.86. The van der Waals surface area contributed by atoms with Crippen molar-refractivity contribution >= 4 is 23.5 Å². The number of aliphatic hydroxyl groups is 1. The van der Waals surface area contributed by atoms with Crippen molar-refractivity contribution in [2.45, 2.75) is 58.3 Å². The van der Waals surface area contributed by atoms with Crippen LogP contribution in [-0.4, -0.2) is 71.3 Å². The summed E-state index contributed by atoms with van der Waals surface area (Å²) in [7, 11) is 0. The molecule has 2 amide bonds. The van der Waals surface area contributed by atoms with Gasteiger partial charge in [0.05, 0.1) is 24.7 Å². The number of nitrogens with zero attached hydrogens (tertiary/aromatic N) is 2. The first-order chi connectivity index (χ1) is 16.6. The second kappa shape index (κ2) is 9.06. The molecule has 1 aromatic rings. The highest BCUT2D eigenvalue weighted by Crippen LogP contribution is 2.65. The van der Waals surface area contributed by atoms with Gasteiger partial charge in [-0.2, -0.15) is 0 Å². The van der Waals surface area contributed by atoms with Crippen LogP contribution in [0.15, 0.2) is 30.9 Å². The second-order valence-corrected chi connectivity index (χ2v) is 10.2. The summed E-state index contributed by atoms with van der Waals surface area (Å²) in [5.74, 6) is -2.84. The van der Waals surface area contributed by atoms with E-state index in [0.29, 0.717) is 6.42 Å². The lowest BCUT2D eigenvalue weighted by Gasteiger charge is -2.37. The molecular formula is C27H36N2O6. The molecule has 1 aromatic carbocycles. The Hall–Kier alpha value is -2.71. The van der Waals surface area contributed by atoms with Crippen molar-refractivity contribution in [1.82, 2.24) is 4.90 Å². The van der Waals surface area contributed by atoms with E-state index in [-0.39, 0.29) is 44.0 Å². The summed E-state index contributed by atoms with van der Waals surface area (Å²) in [5, 5.41) is 9.82. The molecule has 3 aliphatic rings. The molecule has 0 aliphatic carbocycles. The van der Waals surface area contributed by atoms with Crippen LogP contribution in [0.2, 0.25) is 0 Å². The fraction of sp³-hybridized carbons (Fsp3) is 0.593. The molecule has 3 fully saturated rings.